The van der Waals surface area contributed by atoms with Crippen LogP contribution in [0.2, 0.25) is 0 Å². The number of thioether (sulfide) groups is 1. The summed E-state index contributed by atoms with van der Waals surface area (Å²) in [5.41, 5.74) is 1.05. The third-order valence-corrected chi connectivity index (χ3v) is 4.38. The number of fused-ring (bicyclic) bond motifs is 1. The molecule has 0 radical (unpaired) electrons. The molecule has 1 aromatic rings. The van der Waals surface area contributed by atoms with Crippen LogP contribution in [0, 0.1) is 0 Å². The predicted octanol–water partition coefficient (Wildman–Crippen LogP) is 2.20. The van der Waals surface area contributed by atoms with Crippen molar-refractivity contribution in [1.82, 2.24) is 10.2 Å². The number of rotatable bonds is 2. The van der Waals surface area contributed by atoms with Gasteiger partial charge in [-0.3, -0.25) is 4.90 Å². The fraction of sp³-hybridized carbons (Fsp3) is 0.462. The Labute approximate surface area is 128 Å². The van der Waals surface area contributed by atoms with Crippen LogP contribution in [-0.4, -0.2) is 49.4 Å². The Morgan fingerprint density at radius 1 is 1.37 bits per heavy atom. The lowest BCUT2D eigenvalue weighted by molar-refractivity contribution is 0.193. The van der Waals surface area contributed by atoms with Gasteiger partial charge < -0.3 is 10.2 Å². The Bertz CT molecular complexity index is 471. The highest BCUT2D eigenvalue weighted by atomic mass is 79.9. The van der Waals surface area contributed by atoms with Crippen LogP contribution in [0.15, 0.2) is 29.2 Å². The Morgan fingerprint density at radius 2 is 2.16 bits per heavy atom. The molecule has 6 heteroatoms. The van der Waals surface area contributed by atoms with E-state index >= 15 is 0 Å². The quantitative estimate of drug-likeness (QED) is 0.836. The van der Waals surface area contributed by atoms with E-state index in [9.17, 15) is 4.79 Å². The highest BCUT2D eigenvalue weighted by Crippen LogP contribution is 2.32. The summed E-state index contributed by atoms with van der Waals surface area (Å²) in [4.78, 5) is 17.5. The van der Waals surface area contributed by atoms with Crippen LogP contribution in [0.5, 0.6) is 0 Å². The normalized spacial score (nSPS) is 22.2. The van der Waals surface area contributed by atoms with E-state index < -0.39 is 0 Å². The molecule has 0 aliphatic carbocycles. The van der Waals surface area contributed by atoms with E-state index in [2.05, 4.69) is 11.4 Å². The molecule has 0 spiro atoms. The Hall–Kier alpha value is -0.720. The molecule has 2 aliphatic heterocycles. The smallest absolute Gasteiger partial charge is 0.317 e. The van der Waals surface area contributed by atoms with Crippen LogP contribution in [0.3, 0.4) is 0 Å². The highest BCUT2D eigenvalue weighted by Gasteiger charge is 2.39. The molecule has 1 aromatic carbocycles. The molecule has 4 nitrogen and oxygen atoms in total. The van der Waals surface area contributed by atoms with E-state index in [0.717, 1.165) is 31.9 Å². The first kappa shape index (κ1) is 14.7. The molecule has 0 bridgehead atoms. The number of halogens is 1. The summed E-state index contributed by atoms with van der Waals surface area (Å²) in [5, 5.41) is 3.35. The number of carbonyl (C=O) groups excluding carboxylic acids is 1. The van der Waals surface area contributed by atoms with Crippen molar-refractivity contribution in [3.63, 3.8) is 0 Å². The summed E-state index contributed by atoms with van der Waals surface area (Å²) < 4.78 is 0. The van der Waals surface area contributed by atoms with Gasteiger partial charge in [0.15, 0.2) is 0 Å². The number of carbonyl (C=O) groups is 1. The first-order valence-corrected chi connectivity index (χ1v) is 7.45. The minimum atomic E-state index is 0. The van der Waals surface area contributed by atoms with Crippen molar-refractivity contribution in [2.24, 2.45) is 0 Å². The number of urea groups is 1. The molecule has 3 rings (SSSR count). The van der Waals surface area contributed by atoms with Crippen LogP contribution in [0.25, 0.3) is 0 Å². The summed E-state index contributed by atoms with van der Waals surface area (Å²) in [6, 6.07) is 8.60. The van der Waals surface area contributed by atoms with Gasteiger partial charge in [0.2, 0.25) is 0 Å². The number of hydrogen-bond acceptors (Lipinski definition) is 3. The predicted molar refractivity (Wildman–Crippen MR) is 84.7 cm³/mol. The zero-order valence-electron chi connectivity index (χ0n) is 10.8. The SMILES string of the molecule is Br.CSc1ccccc1N1CC2CNCCN2C1=O. The van der Waals surface area contributed by atoms with E-state index in [0.29, 0.717) is 6.04 Å². The van der Waals surface area contributed by atoms with Crippen LogP contribution < -0.4 is 10.2 Å². The van der Waals surface area contributed by atoms with E-state index in [4.69, 9.17) is 0 Å². The molecule has 2 amide bonds. The second-order valence-electron chi connectivity index (χ2n) is 4.62. The Balaban J connectivity index is 0.00000133. The Morgan fingerprint density at radius 3 is 2.89 bits per heavy atom. The molecular formula is C13H18BrN3OS. The van der Waals surface area contributed by atoms with Gasteiger partial charge in [-0.1, -0.05) is 12.1 Å². The molecule has 19 heavy (non-hydrogen) atoms. The number of amides is 2. The Kier molecular flexibility index (Phi) is 4.76. The maximum atomic E-state index is 12.4. The standard InChI is InChI=1S/C13H17N3OS.BrH/c1-18-12-5-3-2-4-11(12)16-9-10-8-14-6-7-15(10)13(16)17;/h2-5,10,14H,6-9H2,1H3;1H. The molecule has 0 saturated carbocycles. The lowest BCUT2D eigenvalue weighted by Gasteiger charge is -2.28. The highest BCUT2D eigenvalue weighted by molar-refractivity contribution is 8.93. The van der Waals surface area contributed by atoms with Crippen molar-refractivity contribution in [1.29, 1.82) is 0 Å². The number of anilines is 1. The number of para-hydroxylation sites is 1. The largest absolute Gasteiger partial charge is 0.324 e. The average molecular weight is 344 g/mol. The average Bonchev–Trinajstić information content (AvgIpc) is 2.76. The van der Waals surface area contributed by atoms with Gasteiger partial charge >= 0.3 is 6.03 Å². The van der Waals surface area contributed by atoms with Gasteiger partial charge in [0.05, 0.1) is 11.7 Å². The minimum absolute atomic E-state index is 0. The van der Waals surface area contributed by atoms with Gasteiger partial charge in [-0.25, -0.2) is 4.79 Å². The molecular weight excluding hydrogens is 326 g/mol. The van der Waals surface area contributed by atoms with Crippen molar-refractivity contribution < 1.29 is 4.79 Å². The van der Waals surface area contributed by atoms with Crippen LogP contribution in [0.4, 0.5) is 10.5 Å². The van der Waals surface area contributed by atoms with Gasteiger partial charge in [-0.2, -0.15) is 0 Å². The summed E-state index contributed by atoms with van der Waals surface area (Å²) in [7, 11) is 0. The number of piperazine rings is 1. The van der Waals surface area contributed by atoms with Crippen molar-refractivity contribution >= 4 is 40.5 Å². The summed E-state index contributed by atoms with van der Waals surface area (Å²) in [5.74, 6) is 0. The zero-order valence-corrected chi connectivity index (χ0v) is 13.4. The zero-order chi connectivity index (χ0) is 12.5. The van der Waals surface area contributed by atoms with Gasteiger partial charge in [-0.15, -0.1) is 28.7 Å². The molecule has 1 unspecified atom stereocenters. The van der Waals surface area contributed by atoms with Crippen LogP contribution in [0.1, 0.15) is 0 Å². The van der Waals surface area contributed by atoms with Gasteiger partial charge in [0.1, 0.15) is 0 Å². The lowest BCUT2D eigenvalue weighted by atomic mass is 10.2. The maximum Gasteiger partial charge on any atom is 0.324 e. The van der Waals surface area contributed by atoms with Gasteiger partial charge in [0.25, 0.3) is 0 Å². The monoisotopic (exact) mass is 343 g/mol. The molecule has 2 aliphatic rings. The lowest BCUT2D eigenvalue weighted by Crippen LogP contribution is -2.49. The van der Waals surface area contributed by atoms with E-state index in [1.165, 1.54) is 4.90 Å². The fourth-order valence-electron chi connectivity index (χ4n) is 2.67. The number of nitrogens with one attached hydrogen (secondary N) is 1. The summed E-state index contributed by atoms with van der Waals surface area (Å²) in [6.45, 7) is 3.43. The van der Waals surface area contributed by atoms with E-state index in [1.54, 1.807) is 11.8 Å². The third kappa shape index (κ3) is 2.61. The molecule has 1 atom stereocenters. The summed E-state index contributed by atoms with van der Waals surface area (Å²) >= 11 is 1.69. The van der Waals surface area contributed by atoms with Crippen LogP contribution in [-0.2, 0) is 0 Å². The van der Waals surface area contributed by atoms with Crippen molar-refractivity contribution in [3.8, 4) is 0 Å². The molecule has 1 N–H and O–H groups in total. The summed E-state index contributed by atoms with van der Waals surface area (Å²) in [6.07, 6.45) is 2.05. The number of benzene rings is 1. The second kappa shape index (κ2) is 6.15. The first-order valence-electron chi connectivity index (χ1n) is 6.23. The fourth-order valence-corrected chi connectivity index (χ4v) is 3.28. The third-order valence-electron chi connectivity index (χ3n) is 3.60. The molecule has 2 heterocycles. The molecule has 2 saturated heterocycles. The molecule has 2 fully saturated rings. The topological polar surface area (TPSA) is 35.6 Å². The van der Waals surface area contributed by atoms with Crippen LogP contribution >= 0.6 is 28.7 Å². The van der Waals surface area contributed by atoms with Crippen molar-refractivity contribution in [3.05, 3.63) is 24.3 Å². The molecule has 104 valence electrons. The number of nitrogens with zero attached hydrogens (tertiary/aromatic N) is 2. The maximum absolute atomic E-state index is 12.4. The minimum Gasteiger partial charge on any atom is -0.317 e. The van der Waals surface area contributed by atoms with E-state index in [1.807, 2.05) is 34.3 Å². The van der Waals surface area contributed by atoms with Gasteiger partial charge in [-0.05, 0) is 18.4 Å². The second-order valence-corrected chi connectivity index (χ2v) is 5.46. The van der Waals surface area contributed by atoms with Crippen molar-refractivity contribution in [2.75, 3.05) is 37.3 Å². The van der Waals surface area contributed by atoms with E-state index in [-0.39, 0.29) is 23.0 Å². The first-order chi connectivity index (χ1) is 8.81. The molecule has 0 aromatic heterocycles. The number of hydrogen-bond donors (Lipinski definition) is 1. The van der Waals surface area contributed by atoms with Gasteiger partial charge in [0, 0.05) is 31.1 Å². The van der Waals surface area contributed by atoms with Crippen molar-refractivity contribution in [2.45, 2.75) is 10.9 Å².